The third-order valence-corrected chi connectivity index (χ3v) is 16.9. The van der Waals surface area contributed by atoms with Crippen LogP contribution in [0.2, 0.25) is 0 Å². The fraction of sp³-hybridized carbons (Fsp3) is 0.457. The number of ether oxygens (including phenoxy) is 1. The summed E-state index contributed by atoms with van der Waals surface area (Å²) in [6.07, 6.45) is 3.76. The zero-order valence-electron chi connectivity index (χ0n) is 50.4. The summed E-state index contributed by atoms with van der Waals surface area (Å²) >= 11 is 0. The number of esters is 1. The number of benzene rings is 6. The van der Waals surface area contributed by atoms with Crippen molar-refractivity contribution < 1.29 is 45.0 Å². The molecular weight excluding hydrogens is 985 g/mol. The van der Waals surface area contributed by atoms with Gasteiger partial charge in [-0.1, -0.05) is 191 Å². The van der Waals surface area contributed by atoms with Gasteiger partial charge in [-0.15, -0.1) is 0 Å². The van der Waals surface area contributed by atoms with Gasteiger partial charge in [-0.3, -0.25) is 0 Å². The van der Waals surface area contributed by atoms with E-state index in [1.165, 1.54) is 57.2 Å². The molecule has 0 bridgehead atoms. The molecule has 0 aliphatic rings. The molecule has 4 unspecified atom stereocenters. The van der Waals surface area contributed by atoms with Crippen molar-refractivity contribution >= 4 is 11.9 Å². The minimum atomic E-state index is -1.51. The van der Waals surface area contributed by atoms with E-state index in [9.17, 15) is 30.0 Å². The van der Waals surface area contributed by atoms with Crippen molar-refractivity contribution in [3.05, 3.63) is 188 Å². The summed E-state index contributed by atoms with van der Waals surface area (Å²) in [5.74, 6) is -1.91. The molecule has 428 valence electrons. The molecule has 0 aliphatic heterocycles. The first kappa shape index (κ1) is 65.6. The van der Waals surface area contributed by atoms with E-state index >= 15 is 0 Å². The van der Waals surface area contributed by atoms with Gasteiger partial charge in [-0.05, 0) is 179 Å². The van der Waals surface area contributed by atoms with Crippen molar-refractivity contribution in [3.63, 3.8) is 0 Å². The number of aliphatic hydroxyl groups is 5. The molecule has 6 aromatic carbocycles. The quantitative estimate of drug-likeness (QED) is 0.0408. The maximum absolute atomic E-state index is 11.7. The molecule has 0 saturated carbocycles. The Morgan fingerprint density at radius 3 is 1.03 bits per heavy atom. The Kier molecular flexibility index (Phi) is 23.6. The summed E-state index contributed by atoms with van der Waals surface area (Å²) in [5, 5.41) is 57.0. The van der Waals surface area contributed by atoms with Crippen LogP contribution in [0.1, 0.15) is 187 Å². The van der Waals surface area contributed by atoms with Crippen molar-refractivity contribution in [2.24, 2.45) is 10.8 Å². The predicted molar refractivity (Wildman–Crippen MR) is 324 cm³/mol. The third kappa shape index (κ3) is 15.7. The molecule has 9 nitrogen and oxygen atoms in total. The van der Waals surface area contributed by atoms with Crippen LogP contribution in [0.3, 0.4) is 0 Å². The van der Waals surface area contributed by atoms with Crippen LogP contribution in [-0.2, 0) is 38.0 Å². The van der Waals surface area contributed by atoms with Crippen LogP contribution in [0, 0.1) is 38.5 Å². The predicted octanol–water partition coefficient (Wildman–Crippen LogP) is 14.8. The standard InChI is InChI=1S/C35H46O4.C34H44O4.CH4O/c1-9-35(10-2,28-17-15-25(23(3)21-28)16-20-31(36)34(5,6)7)29-18-19-30(24(4)22-29)26-11-13-27(14-12-26)32(37)33(38)39-8;1-8-34(9-2,27-16-14-24(22(3)20-27)15-19-30(35)33(5,6)7)28-17-18-29(23(4)21-28)25-10-12-26(13-11-25)31(36)32(37)38;1-2/h11-15,17-19,21-22,31-32,36-37H,9-10,16,20H2,1-8H3;10-14,16-18,20-21,30-31,35-36H,8-9,15,19H2,1-7H3,(H,37,38);2H,1H3. The Bertz CT molecular complexity index is 2910. The normalized spacial score (nSPS) is 13.5. The summed E-state index contributed by atoms with van der Waals surface area (Å²) in [6.45, 7) is 30.2. The molecule has 9 heteroatoms. The topological polar surface area (TPSA) is 165 Å². The lowest BCUT2D eigenvalue weighted by atomic mass is 9.69. The molecule has 6 aromatic rings. The second-order valence-corrected chi connectivity index (χ2v) is 23.7. The number of carboxylic acid groups (broad SMARTS) is 1. The van der Waals surface area contributed by atoms with Crippen LogP contribution in [0.25, 0.3) is 22.3 Å². The van der Waals surface area contributed by atoms with Gasteiger partial charge in [0, 0.05) is 17.9 Å². The molecule has 6 rings (SSSR count). The van der Waals surface area contributed by atoms with E-state index in [-0.39, 0.29) is 33.9 Å². The maximum atomic E-state index is 11.7. The smallest absolute Gasteiger partial charge is 0.339 e. The summed E-state index contributed by atoms with van der Waals surface area (Å²) in [6, 6.07) is 41.7. The van der Waals surface area contributed by atoms with E-state index in [2.05, 4.69) is 174 Å². The van der Waals surface area contributed by atoms with Crippen molar-refractivity contribution in [2.75, 3.05) is 14.2 Å². The molecule has 0 heterocycles. The third-order valence-electron chi connectivity index (χ3n) is 16.9. The Morgan fingerprint density at radius 2 is 0.759 bits per heavy atom. The number of rotatable bonds is 20. The zero-order valence-corrected chi connectivity index (χ0v) is 50.4. The van der Waals surface area contributed by atoms with Gasteiger partial charge in [0.25, 0.3) is 0 Å². The zero-order chi connectivity index (χ0) is 59.2. The highest BCUT2D eigenvalue weighted by Crippen LogP contribution is 2.43. The second-order valence-electron chi connectivity index (χ2n) is 23.7. The summed E-state index contributed by atoms with van der Waals surface area (Å²) < 4.78 is 4.65. The van der Waals surface area contributed by atoms with E-state index in [0.29, 0.717) is 11.1 Å². The van der Waals surface area contributed by atoms with Gasteiger partial charge in [0.15, 0.2) is 12.2 Å². The largest absolute Gasteiger partial charge is 0.479 e. The minimum absolute atomic E-state index is 0.0913. The highest BCUT2D eigenvalue weighted by molar-refractivity contribution is 5.77. The average Bonchev–Trinajstić information content (AvgIpc) is 3.43. The number of aliphatic carboxylic acids is 1. The van der Waals surface area contributed by atoms with E-state index in [1.807, 2.05) is 24.3 Å². The summed E-state index contributed by atoms with van der Waals surface area (Å²) in [7, 11) is 2.27. The number of methoxy groups -OCH3 is 1. The van der Waals surface area contributed by atoms with Crippen molar-refractivity contribution in [1.82, 2.24) is 0 Å². The van der Waals surface area contributed by atoms with E-state index in [0.717, 1.165) is 86.3 Å². The van der Waals surface area contributed by atoms with Crippen LogP contribution in [0.5, 0.6) is 0 Å². The minimum Gasteiger partial charge on any atom is -0.479 e. The van der Waals surface area contributed by atoms with Crippen molar-refractivity contribution in [1.29, 1.82) is 0 Å². The second kappa shape index (κ2) is 28.5. The number of aliphatic hydroxyl groups excluding tert-OH is 5. The van der Waals surface area contributed by atoms with Gasteiger partial charge in [0.1, 0.15) is 0 Å². The molecule has 0 radical (unpaired) electrons. The highest BCUT2D eigenvalue weighted by atomic mass is 16.5. The Balaban J connectivity index is 0.000000330. The SMILES string of the molecule is CCC(CC)(c1ccc(CCC(O)C(C)(C)C)c(C)c1)c1ccc(-c2ccc(C(O)C(=O)O)cc2)c(C)c1.CCC(CC)(c1ccc(CCC(O)C(C)(C)C)c(C)c1)c1ccc(-c2ccc(C(O)C(=O)OC)cc2)c(C)c1.CO. The average molecular weight is 1080 g/mol. The molecule has 4 atom stereocenters. The fourth-order valence-corrected chi connectivity index (χ4v) is 11.1. The fourth-order valence-electron chi connectivity index (χ4n) is 11.1. The molecule has 0 saturated heterocycles. The first-order valence-corrected chi connectivity index (χ1v) is 28.3. The van der Waals surface area contributed by atoms with E-state index < -0.39 is 24.1 Å². The molecule has 6 N–H and O–H groups in total. The lowest BCUT2D eigenvalue weighted by molar-refractivity contribution is -0.150. The number of hydrogen-bond acceptors (Lipinski definition) is 8. The van der Waals surface area contributed by atoms with Gasteiger partial charge < -0.3 is 35.4 Å². The molecule has 0 aliphatic carbocycles. The maximum Gasteiger partial charge on any atom is 0.339 e. The van der Waals surface area contributed by atoms with Crippen LogP contribution >= 0.6 is 0 Å². The highest BCUT2D eigenvalue weighted by Gasteiger charge is 2.34. The molecule has 0 spiro atoms. The number of carboxylic acids is 1. The lowest BCUT2D eigenvalue weighted by Gasteiger charge is -2.34. The van der Waals surface area contributed by atoms with Crippen LogP contribution in [0.15, 0.2) is 121 Å². The van der Waals surface area contributed by atoms with Crippen molar-refractivity contribution in [2.45, 2.75) is 184 Å². The number of carbonyl (C=O) groups is 2. The van der Waals surface area contributed by atoms with Gasteiger partial charge >= 0.3 is 11.9 Å². The first-order valence-electron chi connectivity index (χ1n) is 28.3. The Hall–Kier alpha value is -5.94. The van der Waals surface area contributed by atoms with Crippen LogP contribution < -0.4 is 0 Å². The molecule has 0 aromatic heterocycles. The number of carbonyl (C=O) groups excluding carboxylic acids is 1. The number of aryl methyl sites for hydroxylation is 6. The summed E-state index contributed by atoms with van der Waals surface area (Å²) in [4.78, 5) is 22.8. The Morgan fingerprint density at radius 1 is 0.456 bits per heavy atom. The van der Waals surface area contributed by atoms with Gasteiger partial charge in [0.2, 0.25) is 0 Å². The molecular formula is C70H94O9. The lowest BCUT2D eigenvalue weighted by Crippen LogP contribution is -2.27. The molecule has 0 fully saturated rings. The van der Waals surface area contributed by atoms with Gasteiger partial charge in [0.05, 0.1) is 19.3 Å². The van der Waals surface area contributed by atoms with Crippen LogP contribution in [0.4, 0.5) is 0 Å². The molecule has 0 amide bonds. The summed E-state index contributed by atoms with van der Waals surface area (Å²) in [5.41, 5.74) is 17.5. The van der Waals surface area contributed by atoms with E-state index in [4.69, 9.17) is 10.2 Å². The van der Waals surface area contributed by atoms with Gasteiger partial charge in [-0.2, -0.15) is 0 Å². The van der Waals surface area contributed by atoms with Crippen LogP contribution in [-0.4, -0.2) is 69.0 Å². The van der Waals surface area contributed by atoms with Crippen molar-refractivity contribution in [3.8, 4) is 22.3 Å². The van der Waals surface area contributed by atoms with E-state index in [1.54, 1.807) is 24.3 Å². The molecule has 79 heavy (non-hydrogen) atoms. The Labute approximate surface area is 473 Å². The number of hydrogen-bond donors (Lipinski definition) is 6. The first-order chi connectivity index (χ1) is 37.2. The van der Waals surface area contributed by atoms with Gasteiger partial charge in [-0.25, -0.2) is 9.59 Å². The monoisotopic (exact) mass is 1080 g/mol.